The minimum Gasteiger partial charge on any atom is -0.480 e. The van der Waals surface area contributed by atoms with Gasteiger partial charge in [-0.25, -0.2) is 4.79 Å². The van der Waals surface area contributed by atoms with Crippen molar-refractivity contribution >= 4 is 17.8 Å². The van der Waals surface area contributed by atoms with Crippen molar-refractivity contribution in [1.82, 2.24) is 5.32 Å². The number of carbonyl (C=O) groups is 3. The van der Waals surface area contributed by atoms with E-state index in [4.69, 9.17) is 5.11 Å². The fourth-order valence-electron chi connectivity index (χ4n) is 1.64. The summed E-state index contributed by atoms with van der Waals surface area (Å²) in [5, 5.41) is 11.5. The van der Waals surface area contributed by atoms with E-state index in [0.717, 1.165) is 0 Å². The van der Waals surface area contributed by atoms with E-state index in [1.807, 2.05) is 0 Å². The van der Waals surface area contributed by atoms with E-state index in [9.17, 15) is 14.4 Å². The average Bonchev–Trinajstić information content (AvgIpc) is 2.46. The molecule has 0 bridgehead atoms. The van der Waals surface area contributed by atoms with Crippen LogP contribution in [0.15, 0.2) is 30.3 Å². The molecule has 0 aliphatic carbocycles. The van der Waals surface area contributed by atoms with Crippen molar-refractivity contribution in [2.24, 2.45) is 0 Å². The Bertz CT molecular complexity index is 472. The third-order valence-electron chi connectivity index (χ3n) is 2.74. The third-order valence-corrected chi connectivity index (χ3v) is 2.74. The molecule has 1 rings (SSSR count). The highest BCUT2D eigenvalue weighted by atomic mass is 16.5. The molecule has 0 heterocycles. The number of carbonyl (C=O) groups excluding carboxylic acids is 2. The molecule has 0 saturated carbocycles. The Balaban J connectivity index is 2.53. The van der Waals surface area contributed by atoms with E-state index in [1.165, 1.54) is 7.11 Å². The molecule has 0 saturated heterocycles. The van der Waals surface area contributed by atoms with E-state index >= 15 is 0 Å². The van der Waals surface area contributed by atoms with Crippen molar-refractivity contribution in [3.05, 3.63) is 35.9 Å². The lowest BCUT2D eigenvalue weighted by Crippen LogP contribution is -2.40. The summed E-state index contributed by atoms with van der Waals surface area (Å²) in [4.78, 5) is 33.9. The van der Waals surface area contributed by atoms with Crippen molar-refractivity contribution in [2.75, 3.05) is 7.11 Å². The molecule has 108 valence electrons. The number of amides is 1. The predicted octanol–water partition coefficient (Wildman–Crippen LogP) is 1.21. The van der Waals surface area contributed by atoms with Crippen molar-refractivity contribution in [1.29, 1.82) is 0 Å². The molecule has 1 aromatic rings. The van der Waals surface area contributed by atoms with Crippen LogP contribution < -0.4 is 5.32 Å². The van der Waals surface area contributed by atoms with Crippen molar-refractivity contribution in [2.45, 2.75) is 25.3 Å². The van der Waals surface area contributed by atoms with Gasteiger partial charge in [-0.05, 0) is 25.0 Å². The summed E-state index contributed by atoms with van der Waals surface area (Å²) in [6.45, 7) is 0. The first-order chi connectivity index (χ1) is 9.54. The van der Waals surface area contributed by atoms with Crippen LogP contribution in [0.2, 0.25) is 0 Å². The lowest BCUT2D eigenvalue weighted by atomic mass is 10.1. The standard InChI is InChI=1S/C14H17NO5/c1-20-12(16)9-5-8-11(14(18)19)15-13(17)10-6-3-2-4-7-10/h2-4,6-7,11H,5,8-9H2,1H3,(H,15,17)(H,18,19). The predicted molar refractivity (Wildman–Crippen MR) is 71.2 cm³/mol. The van der Waals surface area contributed by atoms with Crippen molar-refractivity contribution in [3.63, 3.8) is 0 Å². The van der Waals surface area contributed by atoms with Crippen molar-refractivity contribution in [3.8, 4) is 0 Å². The zero-order valence-corrected chi connectivity index (χ0v) is 11.2. The van der Waals surface area contributed by atoms with Crippen molar-refractivity contribution < 1.29 is 24.2 Å². The van der Waals surface area contributed by atoms with Gasteiger partial charge in [0.1, 0.15) is 6.04 Å². The first kappa shape index (κ1) is 15.7. The van der Waals surface area contributed by atoms with Gasteiger partial charge in [0.2, 0.25) is 0 Å². The second-order valence-electron chi connectivity index (χ2n) is 4.20. The number of benzene rings is 1. The van der Waals surface area contributed by atoms with E-state index in [-0.39, 0.29) is 12.8 Å². The fourth-order valence-corrected chi connectivity index (χ4v) is 1.64. The average molecular weight is 279 g/mol. The number of esters is 1. The van der Waals surface area contributed by atoms with Crippen LogP contribution in [-0.4, -0.2) is 36.1 Å². The molecule has 1 amide bonds. The van der Waals surface area contributed by atoms with Crippen LogP contribution in [0.3, 0.4) is 0 Å². The van der Waals surface area contributed by atoms with Gasteiger partial charge >= 0.3 is 11.9 Å². The summed E-state index contributed by atoms with van der Waals surface area (Å²) in [6.07, 6.45) is 0.628. The Morgan fingerprint density at radius 1 is 1.25 bits per heavy atom. The second kappa shape index (κ2) is 7.93. The van der Waals surface area contributed by atoms with Gasteiger partial charge in [-0.3, -0.25) is 9.59 Å². The van der Waals surface area contributed by atoms with Gasteiger partial charge < -0.3 is 15.2 Å². The number of nitrogens with one attached hydrogen (secondary N) is 1. The summed E-state index contributed by atoms with van der Waals surface area (Å²) < 4.78 is 4.47. The molecule has 0 aliphatic heterocycles. The number of carboxylic acids is 1. The molecule has 1 aromatic carbocycles. The Labute approximate surface area is 116 Å². The Hall–Kier alpha value is -2.37. The lowest BCUT2D eigenvalue weighted by molar-refractivity contribution is -0.142. The van der Waals surface area contributed by atoms with Gasteiger partial charge in [-0.15, -0.1) is 0 Å². The maximum absolute atomic E-state index is 11.8. The Morgan fingerprint density at radius 2 is 1.90 bits per heavy atom. The number of hydrogen-bond donors (Lipinski definition) is 2. The highest BCUT2D eigenvalue weighted by Gasteiger charge is 2.20. The first-order valence-corrected chi connectivity index (χ1v) is 6.20. The smallest absolute Gasteiger partial charge is 0.326 e. The van der Waals surface area contributed by atoms with Crippen LogP contribution >= 0.6 is 0 Å². The summed E-state index contributed by atoms with van der Waals surface area (Å²) >= 11 is 0. The Kier molecular flexibility index (Phi) is 6.22. The summed E-state index contributed by atoms with van der Waals surface area (Å²) in [6, 6.07) is 7.34. The number of carboxylic acid groups (broad SMARTS) is 1. The zero-order chi connectivity index (χ0) is 15.0. The summed E-state index contributed by atoms with van der Waals surface area (Å²) in [5.74, 6) is -1.97. The van der Waals surface area contributed by atoms with Gasteiger partial charge in [-0.1, -0.05) is 18.2 Å². The van der Waals surface area contributed by atoms with Crippen LogP contribution in [0.5, 0.6) is 0 Å². The molecule has 0 radical (unpaired) electrons. The maximum atomic E-state index is 11.8. The second-order valence-corrected chi connectivity index (χ2v) is 4.20. The van der Waals surface area contributed by atoms with Crippen LogP contribution in [0.1, 0.15) is 29.6 Å². The monoisotopic (exact) mass is 279 g/mol. The molecule has 1 unspecified atom stereocenters. The lowest BCUT2D eigenvalue weighted by Gasteiger charge is -2.14. The number of rotatable bonds is 7. The van der Waals surface area contributed by atoms with Gasteiger partial charge in [-0.2, -0.15) is 0 Å². The van der Waals surface area contributed by atoms with Crippen LogP contribution in [0, 0.1) is 0 Å². The van der Waals surface area contributed by atoms with Gasteiger partial charge in [0, 0.05) is 12.0 Å². The number of ether oxygens (including phenoxy) is 1. The molecule has 20 heavy (non-hydrogen) atoms. The first-order valence-electron chi connectivity index (χ1n) is 6.20. The SMILES string of the molecule is COC(=O)CCCC(NC(=O)c1ccccc1)C(=O)O. The molecular formula is C14H17NO5. The molecule has 1 atom stereocenters. The minimum atomic E-state index is -1.13. The number of aliphatic carboxylic acids is 1. The third kappa shape index (κ3) is 5.09. The highest BCUT2D eigenvalue weighted by molar-refractivity contribution is 5.96. The van der Waals surface area contributed by atoms with Crippen LogP contribution in [0.4, 0.5) is 0 Å². The molecular weight excluding hydrogens is 262 g/mol. The number of hydrogen-bond acceptors (Lipinski definition) is 4. The topological polar surface area (TPSA) is 92.7 Å². The largest absolute Gasteiger partial charge is 0.480 e. The number of methoxy groups -OCH3 is 1. The van der Waals surface area contributed by atoms with Crippen LogP contribution in [-0.2, 0) is 14.3 Å². The quantitative estimate of drug-likeness (QED) is 0.732. The maximum Gasteiger partial charge on any atom is 0.326 e. The molecule has 2 N–H and O–H groups in total. The normalized spacial score (nSPS) is 11.4. The van der Waals surface area contributed by atoms with E-state index in [1.54, 1.807) is 30.3 Å². The van der Waals surface area contributed by atoms with E-state index in [0.29, 0.717) is 12.0 Å². The summed E-state index contributed by atoms with van der Waals surface area (Å²) in [5.41, 5.74) is 0.395. The molecule has 0 aromatic heterocycles. The van der Waals surface area contributed by atoms with Crippen LogP contribution in [0.25, 0.3) is 0 Å². The zero-order valence-electron chi connectivity index (χ0n) is 11.2. The Morgan fingerprint density at radius 3 is 2.45 bits per heavy atom. The van der Waals surface area contributed by atoms with Gasteiger partial charge in [0.25, 0.3) is 5.91 Å². The highest BCUT2D eigenvalue weighted by Crippen LogP contribution is 2.05. The van der Waals surface area contributed by atoms with E-state index < -0.39 is 23.9 Å². The molecule has 0 fully saturated rings. The molecule has 0 aliphatic rings. The fraction of sp³-hybridized carbons (Fsp3) is 0.357. The van der Waals surface area contributed by atoms with E-state index in [2.05, 4.69) is 10.1 Å². The minimum absolute atomic E-state index is 0.126. The molecule has 6 nitrogen and oxygen atoms in total. The van der Waals surface area contributed by atoms with Gasteiger partial charge in [0.05, 0.1) is 7.11 Å². The molecule has 6 heteroatoms. The summed E-state index contributed by atoms with van der Waals surface area (Å²) in [7, 11) is 1.27. The van der Waals surface area contributed by atoms with Gasteiger partial charge in [0.15, 0.2) is 0 Å². The molecule has 0 spiro atoms.